The largest absolute Gasteiger partial charge is 0.289 e. The molecule has 2 rings (SSSR count). The van der Waals surface area contributed by atoms with E-state index in [0.29, 0.717) is 11.8 Å². The molecule has 0 amide bonds. The fourth-order valence-electron chi connectivity index (χ4n) is 3.32. The molecule has 160 valence electrons. The lowest BCUT2D eigenvalue weighted by molar-refractivity contribution is -0.112. The number of Topliss-reactive ketones (excluding diaryl/α,β-unsaturated/α-hetero) is 1. The normalized spacial score (nSPS) is 12.7. The Hall–Kier alpha value is -2.41. The van der Waals surface area contributed by atoms with Gasteiger partial charge in [-0.2, -0.15) is 0 Å². The maximum atomic E-state index is 13.7. The number of aryl methyl sites for hydroxylation is 2. The third kappa shape index (κ3) is 8.14. The fourth-order valence-corrected chi connectivity index (χ4v) is 3.32. The Balaban J connectivity index is 2.40. The molecular formula is C29H38O. The number of ketones is 1. The van der Waals surface area contributed by atoms with E-state index in [1.807, 2.05) is 0 Å². The van der Waals surface area contributed by atoms with Crippen molar-refractivity contribution in [2.45, 2.75) is 67.2 Å². The van der Waals surface area contributed by atoms with E-state index in [-0.39, 0.29) is 5.78 Å². The van der Waals surface area contributed by atoms with Crippen LogP contribution in [0.2, 0.25) is 0 Å². The zero-order valence-electron chi connectivity index (χ0n) is 19.7. The third-order valence-electron chi connectivity index (χ3n) is 5.40. The number of carbonyl (C=O) groups excluding carboxylic acids is 1. The number of rotatable bonds is 10. The highest BCUT2D eigenvalue weighted by Gasteiger charge is 2.16. The quantitative estimate of drug-likeness (QED) is 0.366. The van der Waals surface area contributed by atoms with Gasteiger partial charge in [0.1, 0.15) is 0 Å². The van der Waals surface area contributed by atoms with Crippen molar-refractivity contribution in [1.82, 2.24) is 0 Å². The first-order chi connectivity index (χ1) is 14.2. The van der Waals surface area contributed by atoms with Crippen molar-refractivity contribution in [2.75, 3.05) is 0 Å². The SMILES string of the molecule is Cc1ccc(/C=C(\CCC(C)C)C(=O)/C(=C/c2ccc(C)cc2)CCC(C)C)cc1. The lowest BCUT2D eigenvalue weighted by atomic mass is 9.90. The van der Waals surface area contributed by atoms with Gasteiger partial charge >= 0.3 is 0 Å². The van der Waals surface area contributed by atoms with Gasteiger partial charge in [-0.15, -0.1) is 0 Å². The topological polar surface area (TPSA) is 17.1 Å². The Kier molecular flexibility index (Phi) is 9.30. The Labute approximate surface area is 183 Å². The van der Waals surface area contributed by atoms with Crippen LogP contribution in [0.5, 0.6) is 0 Å². The van der Waals surface area contributed by atoms with Gasteiger partial charge in [-0.3, -0.25) is 4.79 Å². The monoisotopic (exact) mass is 402 g/mol. The first kappa shape index (κ1) is 23.9. The van der Waals surface area contributed by atoms with Crippen LogP contribution in [0.15, 0.2) is 59.7 Å². The van der Waals surface area contributed by atoms with Gasteiger partial charge in [-0.05, 0) is 74.6 Å². The highest BCUT2D eigenvalue weighted by Crippen LogP contribution is 2.25. The number of allylic oxidation sites excluding steroid dienone is 2. The molecule has 1 heteroatoms. The molecule has 0 aliphatic heterocycles. The lowest BCUT2D eigenvalue weighted by Gasteiger charge is -2.14. The van der Waals surface area contributed by atoms with Gasteiger partial charge in [0.05, 0.1) is 0 Å². The standard InChI is InChI=1S/C29H38O/c1-21(2)7-17-27(19-25-13-9-23(5)10-14-25)29(30)28(18-8-22(3)4)20-26-15-11-24(6)12-16-26/h9-16,19-22H,7-8,17-18H2,1-6H3/b27-19+,28-20+. The van der Waals surface area contributed by atoms with E-state index < -0.39 is 0 Å². The van der Waals surface area contributed by atoms with E-state index in [1.165, 1.54) is 11.1 Å². The summed E-state index contributed by atoms with van der Waals surface area (Å²) < 4.78 is 0. The smallest absolute Gasteiger partial charge is 0.185 e. The average Bonchev–Trinajstić information content (AvgIpc) is 2.70. The van der Waals surface area contributed by atoms with Crippen molar-refractivity contribution in [2.24, 2.45) is 11.8 Å². The minimum absolute atomic E-state index is 0.206. The number of hydrogen-bond acceptors (Lipinski definition) is 1. The van der Waals surface area contributed by atoms with Crippen molar-refractivity contribution in [1.29, 1.82) is 0 Å². The maximum Gasteiger partial charge on any atom is 0.185 e. The summed E-state index contributed by atoms with van der Waals surface area (Å²) in [5.41, 5.74) is 6.53. The summed E-state index contributed by atoms with van der Waals surface area (Å²) in [5, 5.41) is 0. The van der Waals surface area contributed by atoms with Gasteiger partial charge in [0.25, 0.3) is 0 Å². The summed E-state index contributed by atoms with van der Waals surface area (Å²) in [6, 6.07) is 16.9. The van der Waals surface area contributed by atoms with Crippen LogP contribution in [0.1, 0.15) is 75.6 Å². The Morgan fingerprint density at radius 3 is 1.30 bits per heavy atom. The van der Waals surface area contributed by atoms with Crippen LogP contribution in [-0.4, -0.2) is 5.78 Å². The van der Waals surface area contributed by atoms with E-state index in [4.69, 9.17) is 0 Å². The molecular weight excluding hydrogens is 364 g/mol. The Morgan fingerprint density at radius 1 is 0.667 bits per heavy atom. The van der Waals surface area contributed by atoms with Crippen LogP contribution in [-0.2, 0) is 4.79 Å². The summed E-state index contributed by atoms with van der Waals surface area (Å²) in [6.45, 7) is 13.1. The van der Waals surface area contributed by atoms with Gasteiger partial charge in [0, 0.05) is 11.1 Å². The molecule has 1 nitrogen and oxygen atoms in total. The van der Waals surface area contributed by atoms with Crippen LogP contribution in [0.25, 0.3) is 12.2 Å². The van der Waals surface area contributed by atoms with Gasteiger partial charge in [0.2, 0.25) is 0 Å². The van der Waals surface area contributed by atoms with E-state index in [1.54, 1.807) is 0 Å². The second-order valence-corrected chi connectivity index (χ2v) is 9.35. The zero-order chi connectivity index (χ0) is 22.1. The molecule has 0 aliphatic carbocycles. The summed E-state index contributed by atoms with van der Waals surface area (Å²) in [6.07, 6.45) is 7.87. The molecule has 0 aliphatic rings. The van der Waals surface area contributed by atoms with E-state index in [2.05, 4.69) is 102 Å². The zero-order valence-corrected chi connectivity index (χ0v) is 19.7. The minimum Gasteiger partial charge on any atom is -0.289 e. The van der Waals surface area contributed by atoms with E-state index in [0.717, 1.165) is 48.0 Å². The molecule has 0 unspecified atom stereocenters. The summed E-state index contributed by atoms with van der Waals surface area (Å²) >= 11 is 0. The number of benzene rings is 2. The molecule has 0 radical (unpaired) electrons. The summed E-state index contributed by atoms with van der Waals surface area (Å²) in [5.74, 6) is 1.34. The molecule has 0 saturated heterocycles. The molecule has 0 heterocycles. The van der Waals surface area contributed by atoms with Crippen molar-refractivity contribution >= 4 is 17.9 Å². The maximum absolute atomic E-state index is 13.7. The molecule has 30 heavy (non-hydrogen) atoms. The molecule has 0 aromatic heterocycles. The van der Waals surface area contributed by atoms with E-state index in [9.17, 15) is 4.79 Å². The second-order valence-electron chi connectivity index (χ2n) is 9.35. The van der Waals surface area contributed by atoms with Crippen LogP contribution >= 0.6 is 0 Å². The molecule has 0 N–H and O–H groups in total. The van der Waals surface area contributed by atoms with Gasteiger partial charge in [0.15, 0.2) is 5.78 Å². The molecule has 0 bridgehead atoms. The predicted octanol–water partition coefficient (Wildman–Crippen LogP) is 8.21. The third-order valence-corrected chi connectivity index (χ3v) is 5.40. The Bertz CT molecular complexity index is 788. The van der Waals surface area contributed by atoms with Crippen molar-refractivity contribution in [3.05, 3.63) is 81.9 Å². The molecule has 0 saturated carbocycles. The highest BCUT2D eigenvalue weighted by atomic mass is 16.1. The van der Waals surface area contributed by atoms with Crippen molar-refractivity contribution in [3.8, 4) is 0 Å². The van der Waals surface area contributed by atoms with Crippen LogP contribution in [0.4, 0.5) is 0 Å². The molecule has 0 spiro atoms. The average molecular weight is 403 g/mol. The summed E-state index contributed by atoms with van der Waals surface area (Å²) in [4.78, 5) is 13.7. The molecule has 2 aromatic carbocycles. The van der Waals surface area contributed by atoms with Gasteiger partial charge < -0.3 is 0 Å². The predicted molar refractivity (Wildman–Crippen MR) is 131 cm³/mol. The Morgan fingerprint density at radius 2 is 1.00 bits per heavy atom. The van der Waals surface area contributed by atoms with Crippen LogP contribution in [0.3, 0.4) is 0 Å². The van der Waals surface area contributed by atoms with Crippen LogP contribution < -0.4 is 0 Å². The number of hydrogen-bond donors (Lipinski definition) is 0. The highest BCUT2D eigenvalue weighted by molar-refractivity contribution is 6.13. The number of carbonyl (C=O) groups is 1. The minimum atomic E-state index is 0.206. The molecule has 0 atom stereocenters. The first-order valence-corrected chi connectivity index (χ1v) is 11.3. The lowest BCUT2D eigenvalue weighted by Crippen LogP contribution is -2.09. The first-order valence-electron chi connectivity index (χ1n) is 11.3. The van der Waals surface area contributed by atoms with Gasteiger partial charge in [-0.25, -0.2) is 0 Å². The second kappa shape index (κ2) is 11.7. The summed E-state index contributed by atoms with van der Waals surface area (Å²) in [7, 11) is 0. The van der Waals surface area contributed by atoms with Crippen LogP contribution in [0, 0.1) is 25.7 Å². The molecule has 0 fully saturated rings. The van der Waals surface area contributed by atoms with Gasteiger partial charge in [-0.1, -0.05) is 87.4 Å². The van der Waals surface area contributed by atoms with Crippen molar-refractivity contribution < 1.29 is 4.79 Å². The fraction of sp³-hybridized carbons (Fsp3) is 0.414. The van der Waals surface area contributed by atoms with Crippen molar-refractivity contribution in [3.63, 3.8) is 0 Å². The molecule has 2 aromatic rings. The van der Waals surface area contributed by atoms with E-state index >= 15 is 0 Å².